The molecular formula is C15H21N5. The summed E-state index contributed by atoms with van der Waals surface area (Å²) in [4.78, 5) is 2.46. The Labute approximate surface area is 119 Å². The third kappa shape index (κ3) is 3.23. The van der Waals surface area contributed by atoms with E-state index in [2.05, 4.69) is 50.9 Å². The van der Waals surface area contributed by atoms with Crippen molar-refractivity contribution in [2.24, 2.45) is 7.05 Å². The summed E-state index contributed by atoms with van der Waals surface area (Å²) in [6, 6.07) is 11.1. The van der Waals surface area contributed by atoms with E-state index < -0.39 is 0 Å². The molecule has 1 aliphatic rings. The zero-order valence-electron chi connectivity index (χ0n) is 11.9. The molecule has 1 fully saturated rings. The number of benzene rings is 1. The summed E-state index contributed by atoms with van der Waals surface area (Å²) >= 11 is 0. The number of hydrogen-bond acceptors (Lipinski definition) is 4. The van der Waals surface area contributed by atoms with Crippen LogP contribution in [-0.2, 0) is 13.6 Å². The van der Waals surface area contributed by atoms with Gasteiger partial charge in [0.2, 0.25) is 0 Å². The van der Waals surface area contributed by atoms with Gasteiger partial charge in [-0.25, -0.2) is 0 Å². The summed E-state index contributed by atoms with van der Waals surface area (Å²) in [5, 5.41) is 11.8. The van der Waals surface area contributed by atoms with E-state index in [1.807, 2.05) is 13.2 Å². The van der Waals surface area contributed by atoms with Crippen molar-refractivity contribution in [1.29, 1.82) is 0 Å². The van der Waals surface area contributed by atoms with Gasteiger partial charge in [0, 0.05) is 32.4 Å². The molecule has 2 aromatic rings. The molecule has 0 spiro atoms. The molecule has 5 nitrogen and oxygen atoms in total. The predicted molar refractivity (Wildman–Crippen MR) is 78.1 cm³/mol. The van der Waals surface area contributed by atoms with Crippen molar-refractivity contribution in [3.8, 4) is 0 Å². The van der Waals surface area contributed by atoms with Gasteiger partial charge in [0.05, 0.1) is 5.69 Å². The van der Waals surface area contributed by atoms with E-state index in [4.69, 9.17) is 0 Å². The Morgan fingerprint density at radius 2 is 2.15 bits per heavy atom. The first-order chi connectivity index (χ1) is 9.81. The molecule has 1 saturated heterocycles. The Morgan fingerprint density at radius 3 is 2.90 bits per heavy atom. The Kier molecular flexibility index (Phi) is 4.08. The molecule has 0 radical (unpaired) electrons. The Morgan fingerprint density at radius 1 is 1.30 bits per heavy atom. The first kappa shape index (κ1) is 13.3. The fourth-order valence-electron chi connectivity index (χ4n) is 2.74. The minimum Gasteiger partial charge on any atom is -0.309 e. The SMILES string of the molecule is Cn1cc(CN2CCCNC(c3ccccc3)C2)nn1. The lowest BCUT2D eigenvalue weighted by Gasteiger charge is -2.23. The average molecular weight is 271 g/mol. The number of aryl methyl sites for hydroxylation is 1. The van der Waals surface area contributed by atoms with Gasteiger partial charge >= 0.3 is 0 Å². The maximum atomic E-state index is 4.19. The van der Waals surface area contributed by atoms with Gasteiger partial charge in [-0.2, -0.15) is 0 Å². The first-order valence-electron chi connectivity index (χ1n) is 7.17. The smallest absolute Gasteiger partial charge is 0.0967 e. The van der Waals surface area contributed by atoms with Crippen LogP contribution in [0.3, 0.4) is 0 Å². The minimum atomic E-state index is 0.398. The summed E-state index contributed by atoms with van der Waals surface area (Å²) in [5.41, 5.74) is 2.40. The molecule has 1 unspecified atom stereocenters. The van der Waals surface area contributed by atoms with Crippen molar-refractivity contribution in [2.45, 2.75) is 19.0 Å². The zero-order valence-corrected chi connectivity index (χ0v) is 11.9. The summed E-state index contributed by atoms with van der Waals surface area (Å²) < 4.78 is 1.76. The molecular weight excluding hydrogens is 250 g/mol. The molecule has 1 aromatic carbocycles. The second-order valence-corrected chi connectivity index (χ2v) is 5.39. The zero-order chi connectivity index (χ0) is 13.8. The molecule has 2 heterocycles. The Balaban J connectivity index is 1.69. The van der Waals surface area contributed by atoms with Gasteiger partial charge in [-0.1, -0.05) is 35.5 Å². The monoisotopic (exact) mass is 271 g/mol. The van der Waals surface area contributed by atoms with Crippen LogP contribution in [0.15, 0.2) is 36.5 Å². The molecule has 0 saturated carbocycles. The van der Waals surface area contributed by atoms with Gasteiger partial charge in [-0.15, -0.1) is 5.10 Å². The van der Waals surface area contributed by atoms with Gasteiger partial charge < -0.3 is 5.32 Å². The third-order valence-electron chi connectivity index (χ3n) is 3.72. The summed E-state index contributed by atoms with van der Waals surface area (Å²) in [5.74, 6) is 0. The maximum Gasteiger partial charge on any atom is 0.0967 e. The van der Waals surface area contributed by atoms with Crippen LogP contribution in [0, 0.1) is 0 Å². The molecule has 0 bridgehead atoms. The third-order valence-corrected chi connectivity index (χ3v) is 3.72. The number of hydrogen-bond donors (Lipinski definition) is 1. The average Bonchev–Trinajstić information content (AvgIpc) is 2.74. The van der Waals surface area contributed by atoms with Crippen LogP contribution in [-0.4, -0.2) is 39.5 Å². The van der Waals surface area contributed by atoms with Crippen LogP contribution in [0.1, 0.15) is 23.7 Å². The van der Waals surface area contributed by atoms with Crippen LogP contribution in [0.25, 0.3) is 0 Å². The topological polar surface area (TPSA) is 46.0 Å². The van der Waals surface area contributed by atoms with E-state index >= 15 is 0 Å². The van der Waals surface area contributed by atoms with Gasteiger partial charge in [-0.3, -0.25) is 9.58 Å². The molecule has 1 atom stereocenters. The molecule has 1 aromatic heterocycles. The second-order valence-electron chi connectivity index (χ2n) is 5.39. The highest BCUT2D eigenvalue weighted by molar-refractivity contribution is 5.19. The van der Waals surface area contributed by atoms with Gasteiger partial charge in [0.1, 0.15) is 0 Å². The number of nitrogens with one attached hydrogen (secondary N) is 1. The van der Waals surface area contributed by atoms with Crippen LogP contribution in [0.5, 0.6) is 0 Å². The highest BCUT2D eigenvalue weighted by Crippen LogP contribution is 2.17. The highest BCUT2D eigenvalue weighted by Gasteiger charge is 2.19. The van der Waals surface area contributed by atoms with E-state index in [0.29, 0.717) is 6.04 Å². The molecule has 0 aliphatic carbocycles. The van der Waals surface area contributed by atoms with Gasteiger partial charge in [0.25, 0.3) is 0 Å². The van der Waals surface area contributed by atoms with E-state index in [1.165, 1.54) is 12.0 Å². The van der Waals surface area contributed by atoms with E-state index in [0.717, 1.165) is 31.9 Å². The Bertz CT molecular complexity index is 536. The van der Waals surface area contributed by atoms with Crippen LogP contribution in [0.4, 0.5) is 0 Å². The summed E-state index contributed by atoms with van der Waals surface area (Å²) in [6.45, 7) is 4.06. The molecule has 5 heteroatoms. The predicted octanol–water partition coefficient (Wildman–Crippen LogP) is 1.35. The van der Waals surface area contributed by atoms with Crippen molar-refractivity contribution in [2.75, 3.05) is 19.6 Å². The van der Waals surface area contributed by atoms with Gasteiger partial charge in [0.15, 0.2) is 0 Å². The van der Waals surface area contributed by atoms with E-state index in [1.54, 1.807) is 4.68 Å². The fraction of sp³-hybridized carbons (Fsp3) is 0.467. The van der Waals surface area contributed by atoms with Crippen molar-refractivity contribution in [3.05, 3.63) is 47.8 Å². The number of aromatic nitrogens is 3. The van der Waals surface area contributed by atoms with Crippen LogP contribution in [0.2, 0.25) is 0 Å². The fourth-order valence-corrected chi connectivity index (χ4v) is 2.74. The molecule has 0 amide bonds. The first-order valence-corrected chi connectivity index (χ1v) is 7.17. The van der Waals surface area contributed by atoms with Crippen molar-refractivity contribution < 1.29 is 0 Å². The molecule has 20 heavy (non-hydrogen) atoms. The second kappa shape index (κ2) is 6.15. The normalized spacial score (nSPS) is 20.8. The van der Waals surface area contributed by atoms with Crippen molar-refractivity contribution >= 4 is 0 Å². The lowest BCUT2D eigenvalue weighted by Crippen LogP contribution is -2.31. The molecule has 106 valence electrons. The lowest BCUT2D eigenvalue weighted by atomic mass is 10.1. The summed E-state index contributed by atoms with van der Waals surface area (Å²) in [6.07, 6.45) is 3.17. The number of nitrogens with zero attached hydrogens (tertiary/aromatic N) is 4. The highest BCUT2D eigenvalue weighted by atomic mass is 15.4. The molecule has 3 rings (SSSR count). The van der Waals surface area contributed by atoms with Crippen molar-refractivity contribution in [1.82, 2.24) is 25.2 Å². The van der Waals surface area contributed by atoms with Crippen molar-refractivity contribution in [3.63, 3.8) is 0 Å². The number of rotatable bonds is 3. The quantitative estimate of drug-likeness (QED) is 0.915. The van der Waals surface area contributed by atoms with E-state index in [9.17, 15) is 0 Å². The summed E-state index contributed by atoms with van der Waals surface area (Å²) in [7, 11) is 1.91. The molecule has 1 aliphatic heterocycles. The van der Waals surface area contributed by atoms with Crippen LogP contribution < -0.4 is 5.32 Å². The lowest BCUT2D eigenvalue weighted by molar-refractivity contribution is 0.257. The standard InChI is InChI=1S/C15H21N5/c1-19-10-14(17-18-19)11-20-9-5-8-16-15(12-20)13-6-3-2-4-7-13/h2-4,6-7,10,15-16H,5,8-9,11-12H2,1H3. The minimum absolute atomic E-state index is 0.398. The van der Waals surface area contributed by atoms with Gasteiger partial charge in [-0.05, 0) is 25.1 Å². The van der Waals surface area contributed by atoms with E-state index in [-0.39, 0.29) is 0 Å². The largest absolute Gasteiger partial charge is 0.309 e. The molecule has 1 N–H and O–H groups in total. The maximum absolute atomic E-state index is 4.19. The van der Waals surface area contributed by atoms with Crippen LogP contribution >= 0.6 is 0 Å². The Hall–Kier alpha value is -1.72.